The van der Waals surface area contributed by atoms with Crippen molar-refractivity contribution in [2.45, 2.75) is 44.7 Å². The lowest BCUT2D eigenvalue weighted by atomic mass is 9.71. The third-order valence-electron chi connectivity index (χ3n) is 6.39. The summed E-state index contributed by atoms with van der Waals surface area (Å²) in [5.41, 5.74) is 7.66. The van der Waals surface area contributed by atoms with E-state index in [9.17, 15) is 0 Å². The van der Waals surface area contributed by atoms with E-state index in [1.807, 2.05) is 0 Å². The quantitative estimate of drug-likeness (QED) is 0.620. The van der Waals surface area contributed by atoms with Crippen LogP contribution >= 0.6 is 0 Å². The molecule has 0 saturated heterocycles. The Bertz CT molecular complexity index is 953. The predicted molar refractivity (Wildman–Crippen MR) is 104 cm³/mol. The Morgan fingerprint density at radius 3 is 2.68 bits per heavy atom. The molecule has 128 valence electrons. The van der Waals surface area contributed by atoms with E-state index in [2.05, 4.69) is 78.9 Å². The molecule has 2 unspecified atom stereocenters. The molecular formula is C23H26N2. The smallest absolute Gasteiger partial charge is 0.0486 e. The Hall–Kier alpha value is -2.06. The minimum atomic E-state index is 0.200. The number of aromatic nitrogens is 1. The molecule has 0 radical (unpaired) electrons. The average Bonchev–Trinajstić information content (AvgIpc) is 2.89. The van der Waals surface area contributed by atoms with Crippen LogP contribution in [0.2, 0.25) is 0 Å². The number of likely N-dealkylation sites (N-methyl/N-ethyl adjacent to an activating group) is 1. The van der Waals surface area contributed by atoms with E-state index >= 15 is 0 Å². The van der Waals surface area contributed by atoms with Gasteiger partial charge in [-0.25, -0.2) is 0 Å². The SMILES string of the molecule is Cc1ccc2c(c1)c1c3n2CC(C)(c2ccccc2)CC3CN(C)C1. The fourth-order valence-corrected chi connectivity index (χ4v) is 5.33. The van der Waals surface area contributed by atoms with Crippen molar-refractivity contribution in [3.05, 3.63) is 70.9 Å². The third kappa shape index (κ3) is 2.20. The molecule has 2 aromatic carbocycles. The molecular weight excluding hydrogens is 304 g/mol. The molecule has 2 aliphatic rings. The molecule has 2 atom stereocenters. The standard InChI is InChI=1S/C23H26N2/c1-16-9-10-21-19(11-16)20-14-24(3)13-17-12-23(2,15-25(21)22(17)20)18-7-5-4-6-8-18/h4-11,17H,12-15H2,1-3H3. The van der Waals surface area contributed by atoms with Crippen molar-refractivity contribution < 1.29 is 0 Å². The van der Waals surface area contributed by atoms with Gasteiger partial charge in [0.05, 0.1) is 0 Å². The molecule has 0 amide bonds. The van der Waals surface area contributed by atoms with Crippen molar-refractivity contribution in [1.29, 1.82) is 0 Å². The monoisotopic (exact) mass is 330 g/mol. The summed E-state index contributed by atoms with van der Waals surface area (Å²) in [7, 11) is 2.27. The van der Waals surface area contributed by atoms with Crippen molar-refractivity contribution in [1.82, 2.24) is 9.47 Å². The summed E-state index contributed by atoms with van der Waals surface area (Å²) in [6.45, 7) is 8.01. The Morgan fingerprint density at radius 2 is 1.88 bits per heavy atom. The van der Waals surface area contributed by atoms with Gasteiger partial charge >= 0.3 is 0 Å². The van der Waals surface area contributed by atoms with Crippen LogP contribution in [0.25, 0.3) is 10.9 Å². The Balaban J connectivity index is 1.75. The van der Waals surface area contributed by atoms with E-state index in [0.29, 0.717) is 5.92 Å². The molecule has 3 aromatic rings. The maximum absolute atomic E-state index is 2.65. The molecule has 0 fully saturated rings. The summed E-state index contributed by atoms with van der Waals surface area (Å²) in [6, 6.07) is 18.1. The summed E-state index contributed by atoms with van der Waals surface area (Å²) in [5, 5.41) is 1.48. The highest BCUT2D eigenvalue weighted by atomic mass is 15.1. The van der Waals surface area contributed by atoms with Gasteiger partial charge in [-0.05, 0) is 43.7 Å². The number of hydrogen-bond acceptors (Lipinski definition) is 1. The van der Waals surface area contributed by atoms with E-state index < -0.39 is 0 Å². The van der Waals surface area contributed by atoms with Gasteiger partial charge in [0.25, 0.3) is 0 Å². The zero-order chi connectivity index (χ0) is 17.2. The van der Waals surface area contributed by atoms with E-state index in [-0.39, 0.29) is 5.41 Å². The fourth-order valence-electron chi connectivity index (χ4n) is 5.33. The number of hydrogen-bond donors (Lipinski definition) is 0. The summed E-state index contributed by atoms with van der Waals surface area (Å²) < 4.78 is 2.65. The molecule has 2 aliphatic heterocycles. The van der Waals surface area contributed by atoms with Crippen LogP contribution in [0.5, 0.6) is 0 Å². The summed E-state index contributed by atoms with van der Waals surface area (Å²) in [4.78, 5) is 2.51. The molecule has 0 spiro atoms. The number of aryl methyl sites for hydroxylation is 1. The minimum Gasteiger partial charge on any atom is -0.343 e. The largest absolute Gasteiger partial charge is 0.343 e. The van der Waals surface area contributed by atoms with Gasteiger partial charge in [0.1, 0.15) is 0 Å². The minimum absolute atomic E-state index is 0.200. The van der Waals surface area contributed by atoms with Gasteiger partial charge in [0.15, 0.2) is 0 Å². The molecule has 2 heteroatoms. The number of nitrogens with zero attached hydrogens (tertiary/aromatic N) is 2. The molecule has 0 bridgehead atoms. The molecule has 0 saturated carbocycles. The van der Waals surface area contributed by atoms with Gasteiger partial charge < -0.3 is 9.47 Å². The van der Waals surface area contributed by atoms with Crippen LogP contribution in [0.3, 0.4) is 0 Å². The first-order valence-electron chi connectivity index (χ1n) is 9.41. The van der Waals surface area contributed by atoms with Gasteiger partial charge in [-0.1, -0.05) is 48.9 Å². The predicted octanol–water partition coefficient (Wildman–Crippen LogP) is 4.84. The fraction of sp³-hybridized carbons (Fsp3) is 0.391. The molecule has 25 heavy (non-hydrogen) atoms. The topological polar surface area (TPSA) is 8.17 Å². The zero-order valence-corrected chi connectivity index (χ0v) is 15.4. The lowest BCUT2D eigenvalue weighted by molar-refractivity contribution is 0.209. The molecule has 2 nitrogen and oxygen atoms in total. The number of benzene rings is 2. The second kappa shape index (κ2) is 5.22. The molecule has 3 heterocycles. The molecule has 5 rings (SSSR count). The van der Waals surface area contributed by atoms with Crippen molar-refractivity contribution in [2.24, 2.45) is 0 Å². The van der Waals surface area contributed by atoms with Crippen molar-refractivity contribution in [3.63, 3.8) is 0 Å². The Kier molecular flexibility index (Phi) is 3.18. The van der Waals surface area contributed by atoms with Gasteiger partial charge in [-0.15, -0.1) is 0 Å². The third-order valence-corrected chi connectivity index (χ3v) is 6.39. The van der Waals surface area contributed by atoms with Gasteiger partial charge in [0, 0.05) is 47.6 Å². The average molecular weight is 330 g/mol. The van der Waals surface area contributed by atoms with Crippen LogP contribution < -0.4 is 0 Å². The van der Waals surface area contributed by atoms with Crippen molar-refractivity contribution in [3.8, 4) is 0 Å². The lowest BCUT2D eigenvalue weighted by Gasteiger charge is -2.44. The van der Waals surface area contributed by atoms with Crippen LogP contribution in [-0.2, 0) is 18.5 Å². The van der Waals surface area contributed by atoms with Crippen LogP contribution in [0.15, 0.2) is 48.5 Å². The number of fused-ring (bicyclic) bond motifs is 3. The zero-order valence-electron chi connectivity index (χ0n) is 15.4. The Labute approximate surface area is 150 Å². The maximum atomic E-state index is 2.65. The van der Waals surface area contributed by atoms with E-state index in [1.54, 1.807) is 11.3 Å². The first-order chi connectivity index (χ1) is 12.0. The highest BCUT2D eigenvalue weighted by molar-refractivity contribution is 5.87. The van der Waals surface area contributed by atoms with Crippen LogP contribution in [-0.4, -0.2) is 23.1 Å². The van der Waals surface area contributed by atoms with Crippen LogP contribution in [0.4, 0.5) is 0 Å². The first-order valence-corrected chi connectivity index (χ1v) is 9.41. The van der Waals surface area contributed by atoms with E-state index in [0.717, 1.165) is 13.1 Å². The second-order valence-corrected chi connectivity index (χ2v) is 8.50. The summed E-state index contributed by atoms with van der Waals surface area (Å²) >= 11 is 0. The highest BCUT2D eigenvalue weighted by Crippen LogP contribution is 2.48. The summed E-state index contributed by atoms with van der Waals surface area (Å²) in [5.74, 6) is 0.625. The van der Waals surface area contributed by atoms with Gasteiger partial charge in [-0.3, -0.25) is 0 Å². The normalized spacial score (nSPS) is 26.0. The lowest BCUT2D eigenvalue weighted by Crippen LogP contribution is -2.42. The molecule has 1 aromatic heterocycles. The molecule has 0 aliphatic carbocycles. The van der Waals surface area contributed by atoms with Crippen LogP contribution in [0, 0.1) is 6.92 Å². The Morgan fingerprint density at radius 1 is 1.08 bits per heavy atom. The van der Waals surface area contributed by atoms with E-state index in [1.165, 1.54) is 35.0 Å². The van der Waals surface area contributed by atoms with E-state index in [4.69, 9.17) is 0 Å². The van der Waals surface area contributed by atoms with Gasteiger partial charge in [0.2, 0.25) is 0 Å². The summed E-state index contributed by atoms with van der Waals surface area (Å²) in [6.07, 6.45) is 1.24. The second-order valence-electron chi connectivity index (χ2n) is 8.50. The van der Waals surface area contributed by atoms with Crippen LogP contribution in [0.1, 0.15) is 41.6 Å². The first kappa shape index (κ1) is 15.2. The van der Waals surface area contributed by atoms with Gasteiger partial charge in [-0.2, -0.15) is 0 Å². The van der Waals surface area contributed by atoms with Crippen molar-refractivity contribution in [2.75, 3.05) is 13.6 Å². The molecule has 0 N–H and O–H groups in total. The highest BCUT2D eigenvalue weighted by Gasteiger charge is 2.41. The van der Waals surface area contributed by atoms with Crippen molar-refractivity contribution >= 4 is 10.9 Å². The maximum Gasteiger partial charge on any atom is 0.0486 e. The number of rotatable bonds is 1.